The lowest BCUT2D eigenvalue weighted by Crippen LogP contribution is -2.45. The quantitative estimate of drug-likeness (QED) is 0.880. The van der Waals surface area contributed by atoms with Gasteiger partial charge in [0.15, 0.2) is 5.82 Å². The summed E-state index contributed by atoms with van der Waals surface area (Å²) >= 11 is 0. The van der Waals surface area contributed by atoms with Gasteiger partial charge in [-0.25, -0.2) is 4.79 Å². The number of urea groups is 1. The molecule has 1 N–H and O–H groups in total. The first-order valence-electron chi connectivity index (χ1n) is 9.21. The van der Waals surface area contributed by atoms with Crippen LogP contribution >= 0.6 is 0 Å². The van der Waals surface area contributed by atoms with Gasteiger partial charge in [-0.2, -0.15) is 0 Å². The molecule has 132 valence electrons. The fourth-order valence-corrected chi connectivity index (χ4v) is 3.61. The molecule has 1 aromatic carbocycles. The summed E-state index contributed by atoms with van der Waals surface area (Å²) in [5.41, 5.74) is 1.16. The Morgan fingerprint density at radius 1 is 1.32 bits per heavy atom. The van der Waals surface area contributed by atoms with E-state index < -0.39 is 0 Å². The molecule has 1 fully saturated rings. The molecule has 1 atom stereocenters. The summed E-state index contributed by atoms with van der Waals surface area (Å²) in [6, 6.07) is 10.4. The third-order valence-corrected chi connectivity index (χ3v) is 5.34. The van der Waals surface area contributed by atoms with Crippen LogP contribution in [0.4, 0.5) is 4.79 Å². The van der Waals surface area contributed by atoms with Crippen LogP contribution in [-0.4, -0.2) is 31.7 Å². The number of fused-ring (bicyclic) bond motifs is 1. The number of rotatable bonds is 6. The molecule has 0 bridgehead atoms. The van der Waals surface area contributed by atoms with E-state index in [9.17, 15) is 4.79 Å². The van der Waals surface area contributed by atoms with Gasteiger partial charge in [-0.3, -0.25) is 0 Å². The van der Waals surface area contributed by atoms with Gasteiger partial charge >= 0.3 is 6.03 Å². The van der Waals surface area contributed by atoms with Crippen molar-refractivity contribution in [3.63, 3.8) is 0 Å². The normalized spacial score (nSPS) is 17.2. The minimum atomic E-state index is -0.0152. The summed E-state index contributed by atoms with van der Waals surface area (Å²) < 4.78 is 2.13. The van der Waals surface area contributed by atoms with Crippen LogP contribution in [0.15, 0.2) is 30.3 Å². The van der Waals surface area contributed by atoms with E-state index in [-0.39, 0.29) is 12.1 Å². The predicted octanol–water partition coefficient (Wildman–Crippen LogP) is 2.73. The van der Waals surface area contributed by atoms with Crippen LogP contribution in [0.2, 0.25) is 0 Å². The Balaban J connectivity index is 1.43. The fourth-order valence-electron chi connectivity index (χ4n) is 3.61. The second-order valence-electron chi connectivity index (χ2n) is 7.14. The number of nitrogens with one attached hydrogen (secondary N) is 1. The second kappa shape index (κ2) is 6.86. The maximum absolute atomic E-state index is 12.9. The molecule has 2 aliphatic rings. The smallest absolute Gasteiger partial charge is 0.318 e. The zero-order valence-electron chi connectivity index (χ0n) is 14.7. The van der Waals surface area contributed by atoms with E-state index in [4.69, 9.17) is 0 Å². The number of aryl methyl sites for hydroxylation is 1. The molecule has 6 nitrogen and oxygen atoms in total. The fraction of sp³-hybridized carbons (Fsp3) is 0.526. The number of hydrogen-bond acceptors (Lipinski definition) is 3. The molecule has 0 radical (unpaired) electrons. The van der Waals surface area contributed by atoms with E-state index in [1.54, 1.807) is 0 Å². The first kappa shape index (κ1) is 16.1. The molecule has 1 aliphatic heterocycles. The SMILES string of the molecule is C[C@H](C1CC1)N(Cc1ccccc1)C(=O)NCc1nnc2n1CCC2. The van der Waals surface area contributed by atoms with Crippen LogP contribution in [0.3, 0.4) is 0 Å². The molecule has 4 rings (SSSR count). The molecule has 0 unspecified atom stereocenters. The number of amides is 2. The summed E-state index contributed by atoms with van der Waals surface area (Å²) in [6.45, 7) is 4.20. The predicted molar refractivity (Wildman–Crippen MR) is 94.7 cm³/mol. The number of hydrogen-bond donors (Lipinski definition) is 1. The van der Waals surface area contributed by atoms with Crippen LogP contribution in [0.1, 0.15) is 43.4 Å². The van der Waals surface area contributed by atoms with E-state index in [0.717, 1.165) is 36.6 Å². The largest absolute Gasteiger partial charge is 0.331 e. The average molecular weight is 339 g/mol. The van der Waals surface area contributed by atoms with Crippen molar-refractivity contribution in [2.45, 2.75) is 58.3 Å². The molecule has 2 aromatic rings. The van der Waals surface area contributed by atoms with Crippen molar-refractivity contribution in [3.05, 3.63) is 47.5 Å². The Labute approximate surface area is 148 Å². The van der Waals surface area contributed by atoms with Crippen molar-refractivity contribution in [2.75, 3.05) is 0 Å². The Bertz CT molecular complexity index is 738. The Hall–Kier alpha value is -2.37. The summed E-state index contributed by atoms with van der Waals surface area (Å²) in [6.07, 6.45) is 4.54. The third-order valence-electron chi connectivity index (χ3n) is 5.34. The van der Waals surface area contributed by atoms with Gasteiger partial charge < -0.3 is 14.8 Å². The van der Waals surface area contributed by atoms with Crippen molar-refractivity contribution >= 4 is 6.03 Å². The Morgan fingerprint density at radius 3 is 2.88 bits per heavy atom. The lowest BCUT2D eigenvalue weighted by atomic mass is 10.1. The van der Waals surface area contributed by atoms with Gasteiger partial charge in [0.05, 0.1) is 6.54 Å². The monoisotopic (exact) mass is 339 g/mol. The number of benzene rings is 1. The molecule has 2 heterocycles. The lowest BCUT2D eigenvalue weighted by molar-refractivity contribution is 0.166. The van der Waals surface area contributed by atoms with Gasteiger partial charge in [-0.1, -0.05) is 30.3 Å². The van der Waals surface area contributed by atoms with Gasteiger partial charge in [0.1, 0.15) is 5.82 Å². The highest BCUT2D eigenvalue weighted by Crippen LogP contribution is 2.35. The topological polar surface area (TPSA) is 63.1 Å². The van der Waals surface area contributed by atoms with Gasteiger partial charge in [-0.15, -0.1) is 10.2 Å². The second-order valence-corrected chi connectivity index (χ2v) is 7.14. The highest BCUT2D eigenvalue weighted by molar-refractivity contribution is 5.74. The number of aromatic nitrogens is 3. The summed E-state index contributed by atoms with van der Waals surface area (Å²) in [5.74, 6) is 2.53. The molecular weight excluding hydrogens is 314 g/mol. The standard InChI is InChI=1S/C19H25N5O/c1-14(16-9-10-16)24(13-15-6-3-2-4-7-15)19(25)20-12-18-22-21-17-8-5-11-23(17)18/h2-4,6-7,14,16H,5,8-13H2,1H3,(H,20,25)/t14-/m1/s1. The summed E-state index contributed by atoms with van der Waals surface area (Å²) in [4.78, 5) is 14.8. The minimum Gasteiger partial charge on any atom is -0.331 e. The van der Waals surface area contributed by atoms with Gasteiger partial charge in [0, 0.05) is 25.6 Å². The van der Waals surface area contributed by atoms with Crippen LogP contribution in [0.25, 0.3) is 0 Å². The highest BCUT2D eigenvalue weighted by atomic mass is 16.2. The molecule has 6 heteroatoms. The van der Waals surface area contributed by atoms with Crippen LogP contribution in [0.5, 0.6) is 0 Å². The van der Waals surface area contributed by atoms with E-state index >= 15 is 0 Å². The maximum atomic E-state index is 12.9. The van der Waals surface area contributed by atoms with Gasteiger partial charge in [0.25, 0.3) is 0 Å². The minimum absolute atomic E-state index is 0.0152. The van der Waals surface area contributed by atoms with Gasteiger partial charge in [0.2, 0.25) is 0 Å². The molecule has 2 amide bonds. The number of carbonyl (C=O) groups excluding carboxylic acids is 1. The molecule has 1 saturated carbocycles. The molecule has 1 aromatic heterocycles. The number of nitrogens with zero attached hydrogens (tertiary/aromatic N) is 4. The van der Waals surface area contributed by atoms with E-state index in [1.165, 1.54) is 12.8 Å². The summed E-state index contributed by atoms with van der Waals surface area (Å²) in [5, 5.41) is 11.5. The van der Waals surface area contributed by atoms with Crippen molar-refractivity contribution in [2.24, 2.45) is 5.92 Å². The van der Waals surface area contributed by atoms with E-state index in [0.29, 0.717) is 19.0 Å². The first-order chi connectivity index (χ1) is 12.2. The van der Waals surface area contributed by atoms with Crippen molar-refractivity contribution in [3.8, 4) is 0 Å². The molecule has 0 spiro atoms. The lowest BCUT2D eigenvalue weighted by Gasteiger charge is -2.29. The Kier molecular flexibility index (Phi) is 4.42. The van der Waals surface area contributed by atoms with E-state index in [2.05, 4.69) is 39.1 Å². The zero-order chi connectivity index (χ0) is 17.2. The number of carbonyl (C=O) groups is 1. The maximum Gasteiger partial charge on any atom is 0.318 e. The average Bonchev–Trinajstić information content (AvgIpc) is 3.26. The van der Waals surface area contributed by atoms with Crippen molar-refractivity contribution in [1.29, 1.82) is 0 Å². The van der Waals surface area contributed by atoms with Crippen molar-refractivity contribution < 1.29 is 4.79 Å². The van der Waals surface area contributed by atoms with Crippen LogP contribution in [0, 0.1) is 5.92 Å². The first-order valence-corrected chi connectivity index (χ1v) is 9.21. The third kappa shape index (κ3) is 3.52. The van der Waals surface area contributed by atoms with Gasteiger partial charge in [-0.05, 0) is 37.7 Å². The highest BCUT2D eigenvalue weighted by Gasteiger charge is 2.34. The van der Waals surface area contributed by atoms with Crippen molar-refractivity contribution in [1.82, 2.24) is 25.0 Å². The van der Waals surface area contributed by atoms with Crippen LogP contribution in [-0.2, 0) is 26.1 Å². The molecular formula is C19H25N5O. The molecule has 25 heavy (non-hydrogen) atoms. The Morgan fingerprint density at radius 2 is 2.12 bits per heavy atom. The zero-order valence-corrected chi connectivity index (χ0v) is 14.7. The summed E-state index contributed by atoms with van der Waals surface area (Å²) in [7, 11) is 0. The molecule has 1 aliphatic carbocycles. The van der Waals surface area contributed by atoms with Crippen LogP contribution < -0.4 is 5.32 Å². The molecule has 0 saturated heterocycles. The van der Waals surface area contributed by atoms with E-state index in [1.807, 2.05) is 23.1 Å².